The maximum absolute atomic E-state index is 9.14. The molecule has 1 aromatic heterocycles. The summed E-state index contributed by atoms with van der Waals surface area (Å²) in [5, 5.41) is 16.6. The monoisotopic (exact) mass is 352 g/mol. The molecule has 5 heteroatoms. The maximum atomic E-state index is 9.14. The summed E-state index contributed by atoms with van der Waals surface area (Å²) in [4.78, 5) is 0. The number of halogens is 1. The van der Waals surface area contributed by atoms with E-state index in [0.717, 1.165) is 17.2 Å². The summed E-state index contributed by atoms with van der Waals surface area (Å²) in [5.74, 6) is 0.731. The van der Waals surface area contributed by atoms with Gasteiger partial charge in [0.1, 0.15) is 17.5 Å². The SMILES string of the molecule is Cc1ccc(Nc2c(C#N)c(C)nn2C)cc1I. The molecule has 1 heterocycles. The molecule has 0 unspecified atom stereocenters. The van der Waals surface area contributed by atoms with Crippen molar-refractivity contribution in [2.24, 2.45) is 7.05 Å². The topological polar surface area (TPSA) is 53.6 Å². The maximum Gasteiger partial charge on any atom is 0.146 e. The highest BCUT2D eigenvalue weighted by atomic mass is 127. The summed E-state index contributed by atoms with van der Waals surface area (Å²) in [5.41, 5.74) is 3.53. The van der Waals surface area contributed by atoms with Crippen LogP contribution < -0.4 is 5.32 Å². The third-order valence-corrected chi connectivity index (χ3v) is 3.93. The number of nitrogens with zero attached hydrogens (tertiary/aromatic N) is 3. The first-order chi connectivity index (χ1) is 8.52. The standard InChI is InChI=1S/C13H13IN4/c1-8-4-5-10(6-12(8)14)16-13-11(7-15)9(2)17-18(13)3/h4-6,16H,1-3H3. The first kappa shape index (κ1) is 12.9. The third kappa shape index (κ3) is 2.34. The van der Waals surface area contributed by atoms with Crippen LogP contribution >= 0.6 is 22.6 Å². The van der Waals surface area contributed by atoms with Gasteiger partial charge in [-0.2, -0.15) is 10.4 Å². The minimum absolute atomic E-state index is 0.591. The summed E-state index contributed by atoms with van der Waals surface area (Å²) in [7, 11) is 1.83. The Bertz CT molecular complexity index is 637. The summed E-state index contributed by atoms with van der Waals surface area (Å²) in [6.45, 7) is 3.91. The molecule has 1 aromatic carbocycles. The molecular formula is C13H13IN4. The largest absolute Gasteiger partial charge is 0.339 e. The van der Waals surface area contributed by atoms with E-state index in [9.17, 15) is 0 Å². The second-order valence-corrected chi connectivity index (χ2v) is 5.30. The van der Waals surface area contributed by atoms with Crippen LogP contribution in [0.3, 0.4) is 0 Å². The first-order valence-electron chi connectivity index (χ1n) is 5.50. The quantitative estimate of drug-likeness (QED) is 0.845. The van der Waals surface area contributed by atoms with E-state index >= 15 is 0 Å². The van der Waals surface area contributed by atoms with E-state index in [0.29, 0.717) is 5.56 Å². The van der Waals surface area contributed by atoms with Gasteiger partial charge in [0.15, 0.2) is 0 Å². The number of rotatable bonds is 2. The Labute approximate surface area is 120 Å². The van der Waals surface area contributed by atoms with Crippen LogP contribution in [0.2, 0.25) is 0 Å². The van der Waals surface area contributed by atoms with Gasteiger partial charge in [0.25, 0.3) is 0 Å². The van der Waals surface area contributed by atoms with Gasteiger partial charge in [0, 0.05) is 16.3 Å². The Morgan fingerprint density at radius 2 is 2.11 bits per heavy atom. The van der Waals surface area contributed by atoms with E-state index in [1.807, 2.05) is 20.0 Å². The molecule has 2 rings (SSSR count). The zero-order valence-corrected chi connectivity index (χ0v) is 12.6. The highest BCUT2D eigenvalue weighted by Gasteiger charge is 2.12. The molecule has 0 saturated carbocycles. The van der Waals surface area contributed by atoms with Gasteiger partial charge in [-0.3, -0.25) is 4.68 Å². The van der Waals surface area contributed by atoms with E-state index in [-0.39, 0.29) is 0 Å². The van der Waals surface area contributed by atoms with Crippen LogP contribution in [0, 0.1) is 28.7 Å². The molecule has 1 N–H and O–H groups in total. The molecule has 4 nitrogen and oxygen atoms in total. The molecule has 0 aliphatic carbocycles. The Morgan fingerprint density at radius 1 is 1.39 bits per heavy atom. The van der Waals surface area contributed by atoms with Gasteiger partial charge in [0.05, 0.1) is 5.69 Å². The molecule has 0 amide bonds. The highest BCUT2D eigenvalue weighted by Crippen LogP contribution is 2.24. The van der Waals surface area contributed by atoms with E-state index in [1.165, 1.54) is 9.13 Å². The second kappa shape index (κ2) is 4.98. The average Bonchev–Trinajstić information content (AvgIpc) is 2.58. The number of hydrogen-bond donors (Lipinski definition) is 1. The van der Waals surface area contributed by atoms with E-state index in [2.05, 4.69) is 58.1 Å². The summed E-state index contributed by atoms with van der Waals surface area (Å²) in [6.07, 6.45) is 0. The molecule has 18 heavy (non-hydrogen) atoms. The van der Waals surface area contributed by atoms with Crippen molar-refractivity contribution in [3.63, 3.8) is 0 Å². The minimum Gasteiger partial charge on any atom is -0.339 e. The van der Waals surface area contributed by atoms with Crippen molar-refractivity contribution < 1.29 is 0 Å². The zero-order valence-electron chi connectivity index (χ0n) is 10.5. The van der Waals surface area contributed by atoms with Crippen molar-refractivity contribution in [3.8, 4) is 6.07 Å². The predicted octanol–water partition coefficient (Wildman–Crippen LogP) is 3.26. The van der Waals surface area contributed by atoms with Crippen LogP contribution in [-0.2, 0) is 7.05 Å². The Kier molecular flexibility index (Phi) is 3.57. The fraction of sp³-hybridized carbons (Fsp3) is 0.231. The van der Waals surface area contributed by atoms with Crippen molar-refractivity contribution >= 4 is 34.1 Å². The molecule has 0 atom stereocenters. The molecule has 0 aliphatic heterocycles. The number of benzene rings is 1. The van der Waals surface area contributed by atoms with Gasteiger partial charge in [-0.05, 0) is 54.1 Å². The lowest BCUT2D eigenvalue weighted by Crippen LogP contribution is -2.00. The van der Waals surface area contributed by atoms with Crippen LogP contribution in [0.25, 0.3) is 0 Å². The fourth-order valence-corrected chi connectivity index (χ4v) is 2.26. The van der Waals surface area contributed by atoms with Crippen molar-refractivity contribution in [3.05, 3.63) is 38.6 Å². The van der Waals surface area contributed by atoms with Gasteiger partial charge in [-0.25, -0.2) is 0 Å². The van der Waals surface area contributed by atoms with Crippen molar-refractivity contribution in [2.45, 2.75) is 13.8 Å². The lowest BCUT2D eigenvalue weighted by molar-refractivity contribution is 0.765. The molecule has 0 fully saturated rings. The number of aromatic nitrogens is 2. The average molecular weight is 352 g/mol. The molecule has 0 aliphatic rings. The lowest BCUT2D eigenvalue weighted by Gasteiger charge is -2.08. The number of nitriles is 1. The lowest BCUT2D eigenvalue weighted by atomic mass is 10.2. The van der Waals surface area contributed by atoms with Gasteiger partial charge >= 0.3 is 0 Å². The van der Waals surface area contributed by atoms with Crippen molar-refractivity contribution in [1.29, 1.82) is 5.26 Å². The predicted molar refractivity (Wildman–Crippen MR) is 79.8 cm³/mol. The molecule has 0 bridgehead atoms. The molecular weight excluding hydrogens is 339 g/mol. The summed E-state index contributed by atoms with van der Waals surface area (Å²) >= 11 is 2.30. The molecule has 92 valence electrons. The normalized spacial score (nSPS) is 10.2. The van der Waals surface area contributed by atoms with Crippen LogP contribution in [-0.4, -0.2) is 9.78 Å². The molecule has 0 saturated heterocycles. The van der Waals surface area contributed by atoms with Crippen molar-refractivity contribution in [2.75, 3.05) is 5.32 Å². The van der Waals surface area contributed by atoms with Crippen LogP contribution in [0.15, 0.2) is 18.2 Å². The Morgan fingerprint density at radius 3 is 2.72 bits per heavy atom. The number of anilines is 2. The number of aryl methyl sites for hydroxylation is 3. The molecule has 2 aromatic rings. The van der Waals surface area contributed by atoms with Gasteiger partial charge < -0.3 is 5.32 Å². The first-order valence-corrected chi connectivity index (χ1v) is 6.57. The van der Waals surface area contributed by atoms with Crippen LogP contribution in [0.5, 0.6) is 0 Å². The minimum atomic E-state index is 0.591. The van der Waals surface area contributed by atoms with Gasteiger partial charge in [0.2, 0.25) is 0 Å². The summed E-state index contributed by atoms with van der Waals surface area (Å²) < 4.78 is 2.88. The highest BCUT2D eigenvalue weighted by molar-refractivity contribution is 14.1. The van der Waals surface area contributed by atoms with Crippen molar-refractivity contribution in [1.82, 2.24) is 9.78 Å². The van der Waals surface area contributed by atoms with Crippen LogP contribution in [0.4, 0.5) is 11.5 Å². The fourth-order valence-electron chi connectivity index (χ4n) is 1.74. The number of nitrogens with one attached hydrogen (secondary N) is 1. The van der Waals surface area contributed by atoms with E-state index in [1.54, 1.807) is 4.68 Å². The van der Waals surface area contributed by atoms with Gasteiger partial charge in [-0.1, -0.05) is 6.07 Å². The van der Waals surface area contributed by atoms with E-state index < -0.39 is 0 Å². The Hall–Kier alpha value is -1.55. The molecule has 0 radical (unpaired) electrons. The zero-order chi connectivity index (χ0) is 13.3. The third-order valence-electron chi connectivity index (χ3n) is 2.77. The Balaban J connectivity index is 2.40. The second-order valence-electron chi connectivity index (χ2n) is 4.13. The van der Waals surface area contributed by atoms with E-state index in [4.69, 9.17) is 5.26 Å². The smallest absolute Gasteiger partial charge is 0.146 e. The summed E-state index contributed by atoms with van der Waals surface area (Å²) in [6, 6.07) is 8.29. The van der Waals surface area contributed by atoms with Crippen LogP contribution in [0.1, 0.15) is 16.8 Å². The van der Waals surface area contributed by atoms with Gasteiger partial charge in [-0.15, -0.1) is 0 Å². The number of hydrogen-bond acceptors (Lipinski definition) is 3. The molecule has 0 spiro atoms.